The SMILES string of the molecule is CC(C)(C)CN1CCN(CCCCCCCI)CC1. The molecular formula is C16H33IN2. The summed E-state index contributed by atoms with van der Waals surface area (Å²) in [5.74, 6) is 0. The van der Waals surface area contributed by atoms with Crippen LogP contribution in [-0.4, -0.2) is 53.5 Å². The highest BCUT2D eigenvalue weighted by atomic mass is 127. The van der Waals surface area contributed by atoms with Crippen LogP contribution in [0.1, 0.15) is 52.9 Å². The van der Waals surface area contributed by atoms with E-state index < -0.39 is 0 Å². The number of alkyl halides is 1. The molecule has 1 aliphatic rings. The molecule has 0 amide bonds. The van der Waals surface area contributed by atoms with Crippen LogP contribution < -0.4 is 0 Å². The molecule has 0 N–H and O–H groups in total. The maximum atomic E-state index is 2.66. The van der Waals surface area contributed by atoms with Gasteiger partial charge in [-0.25, -0.2) is 0 Å². The molecule has 114 valence electrons. The first-order valence-corrected chi connectivity index (χ1v) is 9.54. The maximum Gasteiger partial charge on any atom is 0.0110 e. The van der Waals surface area contributed by atoms with Gasteiger partial charge in [-0.05, 0) is 29.2 Å². The summed E-state index contributed by atoms with van der Waals surface area (Å²) < 4.78 is 1.33. The highest BCUT2D eigenvalue weighted by Gasteiger charge is 2.20. The van der Waals surface area contributed by atoms with E-state index in [1.165, 1.54) is 75.8 Å². The van der Waals surface area contributed by atoms with Crippen molar-refractivity contribution in [1.82, 2.24) is 9.80 Å². The van der Waals surface area contributed by atoms with Crippen LogP contribution in [0.2, 0.25) is 0 Å². The van der Waals surface area contributed by atoms with Crippen LogP contribution in [0.25, 0.3) is 0 Å². The Hall–Kier alpha value is 0.650. The molecule has 1 saturated heterocycles. The zero-order valence-electron chi connectivity index (χ0n) is 13.3. The van der Waals surface area contributed by atoms with E-state index in [0.29, 0.717) is 5.41 Å². The average Bonchev–Trinajstić information content (AvgIpc) is 2.34. The predicted octanol–water partition coefficient (Wildman–Crippen LogP) is 4.04. The first-order chi connectivity index (χ1) is 9.01. The van der Waals surface area contributed by atoms with Gasteiger partial charge < -0.3 is 9.80 Å². The molecular weight excluding hydrogens is 347 g/mol. The standard InChI is InChI=1S/C16H33IN2/c1-16(2,3)15-19-13-11-18(12-14-19)10-8-6-4-5-7-9-17/h4-15H2,1-3H3. The van der Waals surface area contributed by atoms with Crippen molar-refractivity contribution >= 4 is 22.6 Å². The number of piperazine rings is 1. The lowest BCUT2D eigenvalue weighted by atomic mass is 9.96. The normalized spacial score (nSPS) is 18.9. The van der Waals surface area contributed by atoms with Gasteiger partial charge in [-0.2, -0.15) is 0 Å². The fourth-order valence-electron chi connectivity index (χ4n) is 2.80. The number of halogens is 1. The number of unbranched alkanes of at least 4 members (excludes halogenated alkanes) is 4. The third-order valence-corrected chi connectivity index (χ3v) is 4.53. The van der Waals surface area contributed by atoms with E-state index in [2.05, 4.69) is 53.2 Å². The van der Waals surface area contributed by atoms with Crippen LogP contribution in [0.4, 0.5) is 0 Å². The zero-order valence-corrected chi connectivity index (χ0v) is 15.4. The molecule has 0 aromatic heterocycles. The molecule has 1 rings (SSSR count). The third-order valence-electron chi connectivity index (χ3n) is 3.77. The minimum Gasteiger partial charge on any atom is -0.301 e. The van der Waals surface area contributed by atoms with Gasteiger partial charge >= 0.3 is 0 Å². The fourth-order valence-corrected chi connectivity index (χ4v) is 3.34. The topological polar surface area (TPSA) is 6.48 Å². The zero-order chi connectivity index (χ0) is 14.1. The van der Waals surface area contributed by atoms with Crippen LogP contribution in [0, 0.1) is 5.41 Å². The number of hydrogen-bond donors (Lipinski definition) is 0. The van der Waals surface area contributed by atoms with E-state index in [1.54, 1.807) is 0 Å². The lowest BCUT2D eigenvalue weighted by Crippen LogP contribution is -2.48. The van der Waals surface area contributed by atoms with E-state index in [-0.39, 0.29) is 0 Å². The molecule has 0 aliphatic carbocycles. The summed E-state index contributed by atoms with van der Waals surface area (Å²) in [4.78, 5) is 5.30. The van der Waals surface area contributed by atoms with Gasteiger partial charge in [-0.15, -0.1) is 0 Å². The molecule has 0 saturated carbocycles. The molecule has 0 atom stereocenters. The fraction of sp³-hybridized carbons (Fsp3) is 1.00. The number of hydrogen-bond acceptors (Lipinski definition) is 2. The van der Waals surface area contributed by atoms with Gasteiger partial charge in [-0.3, -0.25) is 0 Å². The van der Waals surface area contributed by atoms with Crippen molar-refractivity contribution in [3.63, 3.8) is 0 Å². The van der Waals surface area contributed by atoms with E-state index in [4.69, 9.17) is 0 Å². The Kier molecular flexibility index (Phi) is 8.91. The summed E-state index contributed by atoms with van der Waals surface area (Å²) in [6.45, 7) is 14.7. The maximum absolute atomic E-state index is 2.66. The van der Waals surface area contributed by atoms with Gasteiger partial charge in [-0.1, -0.05) is 62.6 Å². The molecule has 0 aromatic carbocycles. The Morgan fingerprint density at radius 1 is 0.789 bits per heavy atom. The van der Waals surface area contributed by atoms with Crippen LogP contribution in [-0.2, 0) is 0 Å². The molecule has 0 radical (unpaired) electrons. The van der Waals surface area contributed by atoms with Gasteiger partial charge in [0.2, 0.25) is 0 Å². The largest absolute Gasteiger partial charge is 0.301 e. The van der Waals surface area contributed by atoms with Crippen molar-refractivity contribution in [2.45, 2.75) is 52.9 Å². The Balaban J connectivity index is 2.01. The van der Waals surface area contributed by atoms with E-state index >= 15 is 0 Å². The Bertz CT molecular complexity index is 217. The van der Waals surface area contributed by atoms with Crippen molar-refractivity contribution in [2.24, 2.45) is 5.41 Å². The molecule has 2 nitrogen and oxygen atoms in total. The number of rotatable bonds is 8. The first-order valence-electron chi connectivity index (χ1n) is 8.02. The molecule has 3 heteroatoms. The molecule has 0 bridgehead atoms. The molecule has 19 heavy (non-hydrogen) atoms. The first kappa shape index (κ1) is 17.7. The summed E-state index contributed by atoms with van der Waals surface area (Å²) >= 11 is 2.48. The van der Waals surface area contributed by atoms with E-state index in [0.717, 1.165) is 0 Å². The van der Waals surface area contributed by atoms with Crippen LogP contribution in [0.3, 0.4) is 0 Å². The van der Waals surface area contributed by atoms with Crippen LogP contribution in [0.5, 0.6) is 0 Å². The highest BCUT2D eigenvalue weighted by molar-refractivity contribution is 14.1. The lowest BCUT2D eigenvalue weighted by Gasteiger charge is -2.37. The summed E-state index contributed by atoms with van der Waals surface area (Å²) in [5, 5.41) is 0. The second-order valence-corrected chi connectivity index (χ2v) is 8.21. The van der Waals surface area contributed by atoms with Crippen molar-refractivity contribution in [1.29, 1.82) is 0 Å². The molecule has 0 unspecified atom stereocenters. The van der Waals surface area contributed by atoms with Crippen molar-refractivity contribution in [3.05, 3.63) is 0 Å². The Morgan fingerprint density at radius 3 is 1.89 bits per heavy atom. The Labute approximate surface area is 134 Å². The predicted molar refractivity (Wildman–Crippen MR) is 94.3 cm³/mol. The quantitative estimate of drug-likeness (QED) is 0.356. The molecule has 1 heterocycles. The summed E-state index contributed by atoms with van der Waals surface area (Å²) in [7, 11) is 0. The minimum absolute atomic E-state index is 0.445. The Morgan fingerprint density at radius 2 is 1.32 bits per heavy atom. The van der Waals surface area contributed by atoms with Crippen molar-refractivity contribution in [2.75, 3.05) is 43.7 Å². The van der Waals surface area contributed by atoms with Crippen molar-refractivity contribution < 1.29 is 0 Å². The summed E-state index contributed by atoms with van der Waals surface area (Å²) in [6, 6.07) is 0. The molecule has 0 aromatic rings. The highest BCUT2D eigenvalue weighted by Crippen LogP contribution is 2.16. The molecule has 0 spiro atoms. The average molecular weight is 380 g/mol. The van der Waals surface area contributed by atoms with Gasteiger partial charge in [0.1, 0.15) is 0 Å². The minimum atomic E-state index is 0.445. The van der Waals surface area contributed by atoms with Gasteiger partial charge in [0.15, 0.2) is 0 Å². The second kappa shape index (κ2) is 9.56. The van der Waals surface area contributed by atoms with Crippen molar-refractivity contribution in [3.8, 4) is 0 Å². The van der Waals surface area contributed by atoms with E-state index in [9.17, 15) is 0 Å². The van der Waals surface area contributed by atoms with Gasteiger partial charge in [0.05, 0.1) is 0 Å². The second-order valence-electron chi connectivity index (χ2n) is 7.14. The van der Waals surface area contributed by atoms with E-state index in [1.807, 2.05) is 0 Å². The molecule has 1 aliphatic heterocycles. The summed E-state index contributed by atoms with van der Waals surface area (Å²) in [5.41, 5.74) is 0.445. The molecule has 1 fully saturated rings. The van der Waals surface area contributed by atoms with Gasteiger partial charge in [0, 0.05) is 32.7 Å². The van der Waals surface area contributed by atoms with Crippen LogP contribution >= 0.6 is 22.6 Å². The number of nitrogens with zero attached hydrogens (tertiary/aromatic N) is 2. The van der Waals surface area contributed by atoms with Crippen LogP contribution in [0.15, 0.2) is 0 Å². The monoisotopic (exact) mass is 380 g/mol. The smallest absolute Gasteiger partial charge is 0.0110 e. The van der Waals surface area contributed by atoms with Gasteiger partial charge in [0.25, 0.3) is 0 Å². The third kappa shape index (κ3) is 9.24. The summed E-state index contributed by atoms with van der Waals surface area (Å²) in [6.07, 6.45) is 7.11. The lowest BCUT2D eigenvalue weighted by molar-refractivity contribution is 0.101.